The zero-order valence-electron chi connectivity index (χ0n) is 7.00. The third-order valence-corrected chi connectivity index (χ3v) is 2.60. The highest BCUT2D eigenvalue weighted by Crippen LogP contribution is 2.35. The molecule has 0 saturated heterocycles. The first-order valence-corrected chi connectivity index (χ1v) is 4.46. The largest absolute Gasteiger partial charge is 0.371 e. The molecule has 0 aromatic heterocycles. The Labute approximate surface area is 81.6 Å². The number of hydrogen-bond donors (Lipinski definition) is 2. The fraction of sp³-hybridized carbons (Fsp3) is 0.200. The van der Waals surface area contributed by atoms with Gasteiger partial charge in [0.05, 0.1) is 0 Å². The molecule has 1 atom stereocenters. The normalized spacial score (nSPS) is 26.5. The first-order valence-electron chi connectivity index (χ1n) is 4.08. The van der Waals surface area contributed by atoms with Crippen molar-refractivity contribution in [3.63, 3.8) is 0 Å². The summed E-state index contributed by atoms with van der Waals surface area (Å²) in [5, 5.41) is 10.5. The zero-order chi connectivity index (χ0) is 9.47. The van der Waals surface area contributed by atoms with Gasteiger partial charge in [0, 0.05) is 22.6 Å². The lowest BCUT2D eigenvalue weighted by Crippen LogP contribution is -2.38. The second kappa shape index (κ2) is 2.84. The summed E-state index contributed by atoms with van der Waals surface area (Å²) in [5.41, 5.74) is 5.95. The van der Waals surface area contributed by atoms with E-state index in [1.807, 2.05) is 18.2 Å². The van der Waals surface area contributed by atoms with Crippen molar-refractivity contribution in [1.82, 2.24) is 0 Å². The minimum Gasteiger partial charge on any atom is -0.371 e. The monoisotopic (exact) mass is 195 g/mol. The first kappa shape index (κ1) is 8.75. The Morgan fingerprint density at radius 1 is 1.38 bits per heavy atom. The van der Waals surface area contributed by atoms with Crippen molar-refractivity contribution in [1.29, 1.82) is 0 Å². The van der Waals surface area contributed by atoms with Crippen molar-refractivity contribution < 1.29 is 5.11 Å². The van der Waals surface area contributed by atoms with Crippen LogP contribution in [0.1, 0.15) is 17.5 Å². The lowest BCUT2D eigenvalue weighted by molar-refractivity contribution is 0.0454. The fourth-order valence-electron chi connectivity index (χ4n) is 1.53. The lowest BCUT2D eigenvalue weighted by Gasteiger charge is -2.28. The van der Waals surface area contributed by atoms with Crippen molar-refractivity contribution in [3.05, 3.63) is 41.5 Å². The number of rotatable bonds is 0. The quantitative estimate of drug-likeness (QED) is 0.620. The van der Waals surface area contributed by atoms with Crippen LogP contribution in [0.5, 0.6) is 0 Å². The number of benzene rings is 1. The van der Waals surface area contributed by atoms with E-state index in [9.17, 15) is 5.11 Å². The predicted octanol–water partition coefficient (Wildman–Crippen LogP) is 1.77. The second-order valence-electron chi connectivity index (χ2n) is 3.23. The Bertz CT molecular complexity index is 371. The van der Waals surface area contributed by atoms with Crippen LogP contribution in [0.4, 0.5) is 0 Å². The van der Waals surface area contributed by atoms with Crippen LogP contribution in [0.15, 0.2) is 30.3 Å². The molecule has 1 aromatic carbocycles. The van der Waals surface area contributed by atoms with Crippen LogP contribution in [0.3, 0.4) is 0 Å². The average molecular weight is 196 g/mol. The van der Waals surface area contributed by atoms with E-state index in [0.29, 0.717) is 17.0 Å². The Morgan fingerprint density at radius 2 is 2.08 bits per heavy atom. The number of fused-ring (bicyclic) bond motifs is 1. The van der Waals surface area contributed by atoms with E-state index in [1.54, 1.807) is 12.1 Å². The molecule has 13 heavy (non-hydrogen) atoms. The predicted molar refractivity (Wildman–Crippen MR) is 53.0 cm³/mol. The number of hydrogen-bond acceptors (Lipinski definition) is 2. The number of halogens is 1. The lowest BCUT2D eigenvalue weighted by atomic mass is 9.90. The zero-order valence-corrected chi connectivity index (χ0v) is 7.75. The molecule has 1 aliphatic rings. The van der Waals surface area contributed by atoms with Gasteiger partial charge in [-0.1, -0.05) is 41.9 Å². The highest BCUT2D eigenvalue weighted by Gasteiger charge is 2.29. The van der Waals surface area contributed by atoms with Gasteiger partial charge in [0.2, 0.25) is 0 Å². The minimum atomic E-state index is -1.27. The van der Waals surface area contributed by atoms with Gasteiger partial charge < -0.3 is 5.11 Å². The van der Waals surface area contributed by atoms with Crippen molar-refractivity contribution in [2.75, 3.05) is 0 Å². The summed E-state index contributed by atoms with van der Waals surface area (Å²) >= 11 is 5.97. The molecule has 1 aliphatic carbocycles. The van der Waals surface area contributed by atoms with Crippen molar-refractivity contribution in [2.24, 2.45) is 5.73 Å². The van der Waals surface area contributed by atoms with Crippen LogP contribution in [-0.2, 0) is 5.72 Å². The molecule has 0 fully saturated rings. The average Bonchev–Trinajstić information content (AvgIpc) is 2.13. The van der Waals surface area contributed by atoms with E-state index in [2.05, 4.69) is 0 Å². The summed E-state index contributed by atoms with van der Waals surface area (Å²) in [6.45, 7) is 0. The van der Waals surface area contributed by atoms with Crippen LogP contribution < -0.4 is 5.73 Å². The number of aliphatic hydroxyl groups is 1. The molecule has 1 aromatic rings. The van der Waals surface area contributed by atoms with Crippen LogP contribution in [0, 0.1) is 0 Å². The molecule has 2 rings (SSSR count). The van der Waals surface area contributed by atoms with E-state index >= 15 is 0 Å². The van der Waals surface area contributed by atoms with Gasteiger partial charge in [-0.25, -0.2) is 0 Å². The molecule has 0 saturated carbocycles. The summed E-state index contributed by atoms with van der Waals surface area (Å²) < 4.78 is 0. The number of nitrogens with two attached hydrogens (primary N) is 1. The van der Waals surface area contributed by atoms with Crippen LogP contribution in [0.2, 0.25) is 0 Å². The Hall–Kier alpha value is -0.830. The van der Waals surface area contributed by atoms with Crippen molar-refractivity contribution in [3.8, 4) is 0 Å². The molecule has 1 unspecified atom stereocenters. The van der Waals surface area contributed by atoms with Gasteiger partial charge in [-0.15, -0.1) is 0 Å². The summed E-state index contributed by atoms with van der Waals surface area (Å²) in [6, 6.07) is 7.36. The summed E-state index contributed by atoms with van der Waals surface area (Å²) in [4.78, 5) is 0. The molecule has 3 heteroatoms. The molecule has 0 aliphatic heterocycles. The summed E-state index contributed by atoms with van der Waals surface area (Å²) in [6.07, 6.45) is 2.10. The Kier molecular flexibility index (Phi) is 1.91. The van der Waals surface area contributed by atoms with E-state index in [-0.39, 0.29) is 0 Å². The topological polar surface area (TPSA) is 46.2 Å². The molecular weight excluding hydrogens is 186 g/mol. The smallest absolute Gasteiger partial charge is 0.143 e. The Morgan fingerprint density at radius 3 is 2.77 bits per heavy atom. The fourth-order valence-corrected chi connectivity index (χ4v) is 1.78. The van der Waals surface area contributed by atoms with Crippen LogP contribution >= 0.6 is 11.6 Å². The molecule has 0 radical (unpaired) electrons. The second-order valence-corrected chi connectivity index (χ2v) is 3.63. The standard InChI is InChI=1S/C10H10ClNO/c11-9-5-6-10(12,13)8-4-2-1-3-7(8)9/h1-5,13H,6,12H2. The van der Waals surface area contributed by atoms with Gasteiger partial charge in [0.1, 0.15) is 5.72 Å². The van der Waals surface area contributed by atoms with Gasteiger partial charge in [-0.05, 0) is 0 Å². The molecule has 0 spiro atoms. The molecule has 0 bridgehead atoms. The van der Waals surface area contributed by atoms with Crippen molar-refractivity contribution >= 4 is 16.6 Å². The van der Waals surface area contributed by atoms with Crippen LogP contribution in [0.25, 0.3) is 5.03 Å². The minimum absolute atomic E-state index is 0.364. The highest BCUT2D eigenvalue weighted by molar-refractivity contribution is 6.49. The summed E-state index contributed by atoms with van der Waals surface area (Å²) in [7, 11) is 0. The van der Waals surface area contributed by atoms with Gasteiger partial charge in [0.25, 0.3) is 0 Å². The molecule has 68 valence electrons. The maximum absolute atomic E-state index is 9.82. The van der Waals surface area contributed by atoms with Gasteiger partial charge in [-0.3, -0.25) is 5.73 Å². The molecule has 0 heterocycles. The van der Waals surface area contributed by atoms with Gasteiger partial charge >= 0.3 is 0 Å². The molecular formula is C10H10ClNO. The summed E-state index contributed by atoms with van der Waals surface area (Å²) in [5.74, 6) is 0. The maximum atomic E-state index is 9.82. The SMILES string of the molecule is NC1(O)CC=C(Cl)c2ccccc21. The van der Waals surface area contributed by atoms with Crippen LogP contribution in [-0.4, -0.2) is 5.11 Å². The van der Waals surface area contributed by atoms with Crippen molar-refractivity contribution in [2.45, 2.75) is 12.1 Å². The molecule has 2 nitrogen and oxygen atoms in total. The van der Waals surface area contributed by atoms with E-state index < -0.39 is 5.72 Å². The third kappa shape index (κ3) is 1.37. The highest BCUT2D eigenvalue weighted by atomic mass is 35.5. The van der Waals surface area contributed by atoms with E-state index in [0.717, 1.165) is 5.56 Å². The maximum Gasteiger partial charge on any atom is 0.143 e. The Balaban J connectivity index is 2.64. The van der Waals surface area contributed by atoms with E-state index in [4.69, 9.17) is 17.3 Å². The van der Waals surface area contributed by atoms with E-state index in [1.165, 1.54) is 0 Å². The third-order valence-electron chi connectivity index (χ3n) is 2.24. The first-order chi connectivity index (χ1) is 6.11. The van der Waals surface area contributed by atoms with Gasteiger partial charge in [0.15, 0.2) is 0 Å². The van der Waals surface area contributed by atoms with Gasteiger partial charge in [-0.2, -0.15) is 0 Å². The molecule has 0 amide bonds. The molecule has 3 N–H and O–H groups in total.